The number of aliphatic hydroxyl groups excluding tert-OH is 2. The Bertz CT molecular complexity index is 309. The summed E-state index contributed by atoms with van der Waals surface area (Å²) >= 11 is 0. The first-order chi connectivity index (χ1) is 7.50. The van der Waals surface area contributed by atoms with Crippen LogP contribution in [-0.4, -0.2) is 46.3 Å². The maximum atomic E-state index is 11.9. The van der Waals surface area contributed by atoms with Crippen molar-refractivity contribution in [3.63, 3.8) is 0 Å². The van der Waals surface area contributed by atoms with E-state index in [0.717, 1.165) is 0 Å². The molecule has 0 saturated heterocycles. The number of carbonyl (C=O) groups excluding carboxylic acids is 1. The van der Waals surface area contributed by atoms with Crippen molar-refractivity contribution in [1.82, 2.24) is 4.90 Å². The Kier molecular flexibility index (Phi) is 4.52. The quantitative estimate of drug-likeness (QED) is 0.767. The molecule has 0 aliphatic rings. The van der Waals surface area contributed by atoms with E-state index >= 15 is 0 Å². The van der Waals surface area contributed by atoms with Crippen LogP contribution >= 0.6 is 0 Å². The monoisotopic (exact) mass is 227 g/mol. The number of hydrogen-bond donors (Lipinski definition) is 2. The lowest BCUT2D eigenvalue weighted by Crippen LogP contribution is -2.40. The number of nitrogens with zero attached hydrogens (tertiary/aromatic N) is 1. The van der Waals surface area contributed by atoms with Crippen molar-refractivity contribution >= 4 is 5.91 Å². The Hall–Kier alpha value is -1.33. The van der Waals surface area contributed by atoms with E-state index in [4.69, 9.17) is 4.42 Å². The second kappa shape index (κ2) is 5.67. The van der Waals surface area contributed by atoms with Crippen LogP contribution in [0.3, 0.4) is 0 Å². The molecule has 0 fully saturated rings. The van der Waals surface area contributed by atoms with Gasteiger partial charge in [0.2, 0.25) is 0 Å². The molecule has 1 aromatic rings. The molecular weight excluding hydrogens is 210 g/mol. The smallest absolute Gasteiger partial charge is 0.289 e. The first-order valence-corrected chi connectivity index (χ1v) is 5.19. The van der Waals surface area contributed by atoms with Gasteiger partial charge in [-0.15, -0.1) is 0 Å². The van der Waals surface area contributed by atoms with Crippen LogP contribution < -0.4 is 0 Å². The van der Waals surface area contributed by atoms with Crippen molar-refractivity contribution in [3.8, 4) is 0 Å². The SMILES string of the molecule is CC(O)CN(CC(C)O)C(=O)c1ccco1. The van der Waals surface area contributed by atoms with Gasteiger partial charge in [-0.1, -0.05) is 0 Å². The van der Waals surface area contributed by atoms with Crippen LogP contribution in [0.5, 0.6) is 0 Å². The van der Waals surface area contributed by atoms with E-state index in [1.807, 2.05) is 0 Å². The normalized spacial score (nSPS) is 14.5. The van der Waals surface area contributed by atoms with Gasteiger partial charge in [0.25, 0.3) is 5.91 Å². The molecule has 2 atom stereocenters. The second-order valence-corrected chi connectivity index (χ2v) is 3.89. The Morgan fingerprint density at radius 3 is 2.31 bits per heavy atom. The van der Waals surface area contributed by atoms with Gasteiger partial charge in [-0.2, -0.15) is 0 Å². The molecule has 0 radical (unpaired) electrons. The lowest BCUT2D eigenvalue weighted by Gasteiger charge is -2.24. The second-order valence-electron chi connectivity index (χ2n) is 3.89. The molecule has 1 heterocycles. The average molecular weight is 227 g/mol. The fourth-order valence-corrected chi connectivity index (χ4v) is 1.43. The van der Waals surface area contributed by atoms with E-state index in [2.05, 4.69) is 0 Å². The predicted molar refractivity (Wildman–Crippen MR) is 58.0 cm³/mol. The molecule has 0 saturated carbocycles. The maximum Gasteiger partial charge on any atom is 0.289 e. The van der Waals surface area contributed by atoms with E-state index < -0.39 is 12.2 Å². The summed E-state index contributed by atoms with van der Waals surface area (Å²) in [6, 6.07) is 3.18. The summed E-state index contributed by atoms with van der Waals surface area (Å²) in [6.07, 6.45) is 0.131. The zero-order valence-corrected chi connectivity index (χ0v) is 9.46. The minimum absolute atomic E-state index is 0.171. The molecule has 2 unspecified atom stereocenters. The molecule has 0 aliphatic carbocycles. The summed E-state index contributed by atoms with van der Waals surface area (Å²) in [6.45, 7) is 3.52. The van der Waals surface area contributed by atoms with Crippen molar-refractivity contribution in [2.75, 3.05) is 13.1 Å². The van der Waals surface area contributed by atoms with Crippen LogP contribution in [0.25, 0.3) is 0 Å². The molecule has 0 spiro atoms. The van der Waals surface area contributed by atoms with Crippen molar-refractivity contribution in [1.29, 1.82) is 0 Å². The van der Waals surface area contributed by atoms with Crippen molar-refractivity contribution in [2.24, 2.45) is 0 Å². The highest BCUT2D eigenvalue weighted by atomic mass is 16.3. The fourth-order valence-electron chi connectivity index (χ4n) is 1.43. The van der Waals surface area contributed by atoms with Gasteiger partial charge in [0.15, 0.2) is 5.76 Å². The third-order valence-corrected chi connectivity index (χ3v) is 1.99. The van der Waals surface area contributed by atoms with Crippen molar-refractivity contribution in [3.05, 3.63) is 24.2 Å². The van der Waals surface area contributed by atoms with Gasteiger partial charge >= 0.3 is 0 Å². The molecule has 1 aromatic heterocycles. The van der Waals surface area contributed by atoms with Crippen LogP contribution in [0, 0.1) is 0 Å². The zero-order chi connectivity index (χ0) is 12.1. The minimum atomic E-state index is -0.641. The minimum Gasteiger partial charge on any atom is -0.459 e. The number of hydrogen-bond acceptors (Lipinski definition) is 4. The Labute approximate surface area is 94.3 Å². The lowest BCUT2D eigenvalue weighted by atomic mass is 10.2. The van der Waals surface area contributed by atoms with Gasteiger partial charge in [-0.05, 0) is 26.0 Å². The van der Waals surface area contributed by atoms with Crippen LogP contribution in [0.1, 0.15) is 24.4 Å². The fraction of sp³-hybridized carbons (Fsp3) is 0.545. The van der Waals surface area contributed by atoms with Gasteiger partial charge in [0, 0.05) is 13.1 Å². The highest BCUT2D eigenvalue weighted by Crippen LogP contribution is 2.07. The van der Waals surface area contributed by atoms with E-state index in [1.165, 1.54) is 11.2 Å². The maximum absolute atomic E-state index is 11.9. The van der Waals surface area contributed by atoms with Gasteiger partial charge < -0.3 is 19.5 Å². The molecule has 0 aliphatic heterocycles. The number of furan rings is 1. The topological polar surface area (TPSA) is 73.9 Å². The first kappa shape index (κ1) is 12.7. The summed E-state index contributed by atoms with van der Waals surface area (Å²) < 4.78 is 4.98. The number of amides is 1. The molecule has 90 valence electrons. The molecule has 0 aromatic carbocycles. The van der Waals surface area contributed by atoms with Gasteiger partial charge in [-0.3, -0.25) is 4.79 Å². The lowest BCUT2D eigenvalue weighted by molar-refractivity contribution is 0.0491. The van der Waals surface area contributed by atoms with Gasteiger partial charge in [0.1, 0.15) is 0 Å². The Balaban J connectivity index is 2.71. The Morgan fingerprint density at radius 2 is 1.94 bits per heavy atom. The zero-order valence-electron chi connectivity index (χ0n) is 9.46. The third-order valence-electron chi connectivity index (χ3n) is 1.99. The van der Waals surface area contributed by atoms with Crippen molar-refractivity contribution < 1.29 is 19.4 Å². The van der Waals surface area contributed by atoms with E-state index in [9.17, 15) is 15.0 Å². The van der Waals surface area contributed by atoms with E-state index in [0.29, 0.717) is 0 Å². The summed E-state index contributed by atoms with van der Waals surface area (Å²) in [5, 5.41) is 18.6. The number of rotatable bonds is 5. The Morgan fingerprint density at radius 1 is 1.38 bits per heavy atom. The molecule has 1 amide bonds. The highest BCUT2D eigenvalue weighted by molar-refractivity contribution is 5.91. The molecule has 1 rings (SSSR count). The molecule has 16 heavy (non-hydrogen) atoms. The van der Waals surface area contributed by atoms with Crippen LogP contribution in [-0.2, 0) is 0 Å². The van der Waals surface area contributed by atoms with Crippen LogP contribution in [0.2, 0.25) is 0 Å². The predicted octanol–water partition coefficient (Wildman–Crippen LogP) is 0.483. The highest BCUT2D eigenvalue weighted by Gasteiger charge is 2.20. The molecule has 2 N–H and O–H groups in total. The molecular formula is C11H17NO4. The number of aliphatic hydroxyl groups is 2. The van der Waals surface area contributed by atoms with Gasteiger partial charge in [-0.25, -0.2) is 0 Å². The summed E-state index contributed by atoms with van der Waals surface area (Å²) in [5.41, 5.74) is 0. The van der Waals surface area contributed by atoms with E-state index in [1.54, 1.807) is 26.0 Å². The first-order valence-electron chi connectivity index (χ1n) is 5.19. The average Bonchev–Trinajstić information content (AvgIpc) is 2.66. The molecule has 5 nitrogen and oxygen atoms in total. The largest absolute Gasteiger partial charge is 0.459 e. The number of carbonyl (C=O) groups is 1. The molecule has 5 heteroatoms. The summed E-state index contributed by atoms with van der Waals surface area (Å²) in [5.74, 6) is -0.117. The van der Waals surface area contributed by atoms with Gasteiger partial charge in [0.05, 0.1) is 18.5 Å². The van der Waals surface area contributed by atoms with Crippen LogP contribution in [0.4, 0.5) is 0 Å². The standard InChI is InChI=1S/C11H17NO4/c1-8(13)6-12(7-9(2)14)11(15)10-4-3-5-16-10/h3-5,8-9,13-14H,6-7H2,1-2H3. The molecule has 0 bridgehead atoms. The third kappa shape index (κ3) is 3.67. The van der Waals surface area contributed by atoms with E-state index in [-0.39, 0.29) is 24.8 Å². The van der Waals surface area contributed by atoms with Crippen molar-refractivity contribution in [2.45, 2.75) is 26.1 Å². The summed E-state index contributed by atoms with van der Waals surface area (Å²) in [4.78, 5) is 13.3. The van der Waals surface area contributed by atoms with Crippen LogP contribution in [0.15, 0.2) is 22.8 Å². The summed E-state index contributed by atoms with van der Waals surface area (Å²) in [7, 11) is 0.